The molecule has 7 nitrogen and oxygen atoms in total. The first-order valence-electron chi connectivity index (χ1n) is 9.00. The summed E-state index contributed by atoms with van der Waals surface area (Å²) in [6, 6.07) is 2.40. The molecule has 136 valence electrons. The van der Waals surface area contributed by atoms with Crippen LogP contribution in [-0.2, 0) is 4.79 Å². The van der Waals surface area contributed by atoms with Gasteiger partial charge in [0.15, 0.2) is 0 Å². The summed E-state index contributed by atoms with van der Waals surface area (Å²) in [7, 11) is 0. The lowest BCUT2D eigenvalue weighted by Crippen LogP contribution is -2.61. The lowest BCUT2D eigenvalue weighted by molar-refractivity contribution is -0.120. The van der Waals surface area contributed by atoms with Crippen LogP contribution in [-0.4, -0.2) is 53.5 Å². The van der Waals surface area contributed by atoms with E-state index in [4.69, 9.17) is 0 Å². The van der Waals surface area contributed by atoms with Crippen molar-refractivity contribution in [1.29, 1.82) is 0 Å². The number of nitrogens with one attached hydrogen (secondary N) is 2. The number of carbonyl (C=O) groups excluding carboxylic acids is 2. The van der Waals surface area contributed by atoms with Crippen molar-refractivity contribution in [1.82, 2.24) is 15.2 Å². The second-order valence-electron chi connectivity index (χ2n) is 7.14. The normalized spacial score (nSPS) is 20.8. The minimum Gasteiger partial charge on any atom is -0.354 e. The summed E-state index contributed by atoms with van der Waals surface area (Å²) in [5, 5.41) is 5.70. The zero-order chi connectivity index (χ0) is 18.0. The number of hydrogen-bond donors (Lipinski definition) is 2. The number of piperidine rings is 1. The lowest BCUT2D eigenvalue weighted by Gasteiger charge is -2.39. The number of aromatic nitrogens is 1. The van der Waals surface area contributed by atoms with Crippen molar-refractivity contribution >= 4 is 23.4 Å². The number of hydrogen-bond acceptors (Lipinski definition) is 4. The van der Waals surface area contributed by atoms with Crippen molar-refractivity contribution in [2.24, 2.45) is 0 Å². The van der Waals surface area contributed by atoms with Crippen molar-refractivity contribution in [3.05, 3.63) is 17.8 Å². The molecule has 0 spiro atoms. The molecule has 7 heteroatoms. The van der Waals surface area contributed by atoms with E-state index in [2.05, 4.69) is 27.4 Å². The largest absolute Gasteiger partial charge is 0.354 e. The van der Waals surface area contributed by atoms with E-state index in [1.165, 1.54) is 26.2 Å². The number of pyridine rings is 1. The molecule has 3 amide bonds. The Labute approximate surface area is 148 Å². The summed E-state index contributed by atoms with van der Waals surface area (Å²) in [6.07, 6.45) is 5.41. The second kappa shape index (κ2) is 7.29. The molecule has 3 rings (SSSR count). The third-order valence-corrected chi connectivity index (χ3v) is 4.95. The maximum absolute atomic E-state index is 12.2. The first-order valence-corrected chi connectivity index (χ1v) is 9.00. The van der Waals surface area contributed by atoms with Gasteiger partial charge in [-0.1, -0.05) is 0 Å². The molecule has 0 bridgehead atoms. The Hall–Kier alpha value is -2.31. The Balaban J connectivity index is 1.58. The molecular formula is C18H27N5O2. The molecule has 0 radical (unpaired) electrons. The predicted octanol–water partition coefficient (Wildman–Crippen LogP) is 2.12. The van der Waals surface area contributed by atoms with Crippen LogP contribution in [0.3, 0.4) is 0 Å². The van der Waals surface area contributed by atoms with Crippen LogP contribution in [0.1, 0.15) is 38.7 Å². The van der Waals surface area contributed by atoms with Crippen molar-refractivity contribution < 1.29 is 9.59 Å². The number of rotatable bonds is 3. The monoisotopic (exact) mass is 345 g/mol. The van der Waals surface area contributed by atoms with Gasteiger partial charge in [-0.15, -0.1) is 0 Å². The van der Waals surface area contributed by atoms with Gasteiger partial charge >= 0.3 is 6.03 Å². The zero-order valence-corrected chi connectivity index (χ0v) is 15.2. The molecule has 1 aromatic heterocycles. The van der Waals surface area contributed by atoms with Crippen LogP contribution in [0.5, 0.6) is 0 Å². The molecule has 1 aromatic rings. The van der Waals surface area contributed by atoms with E-state index in [0.717, 1.165) is 17.9 Å². The summed E-state index contributed by atoms with van der Waals surface area (Å²) in [5.74, 6) is 0.951. The molecule has 0 unspecified atom stereocenters. The average molecular weight is 345 g/mol. The van der Waals surface area contributed by atoms with Crippen LogP contribution < -0.4 is 15.5 Å². The van der Waals surface area contributed by atoms with Gasteiger partial charge in [0.05, 0.1) is 17.9 Å². The SMILES string of the molecule is CC(=O)NC1CN(C(=O)Nc2cnc(N3CCCC[C@H]3C)c(C)c2)C1. The van der Waals surface area contributed by atoms with E-state index >= 15 is 0 Å². The Morgan fingerprint density at radius 3 is 2.68 bits per heavy atom. The number of nitrogens with zero attached hydrogens (tertiary/aromatic N) is 3. The number of aryl methyl sites for hydroxylation is 1. The Bertz CT molecular complexity index is 657. The first-order chi connectivity index (χ1) is 11.9. The molecule has 2 saturated heterocycles. The van der Waals surface area contributed by atoms with Gasteiger partial charge in [0.2, 0.25) is 5.91 Å². The quantitative estimate of drug-likeness (QED) is 0.880. The average Bonchev–Trinajstić information content (AvgIpc) is 2.51. The molecule has 2 fully saturated rings. The van der Waals surface area contributed by atoms with E-state index in [1.54, 1.807) is 11.1 Å². The standard InChI is InChI=1S/C18H27N5O2/c1-12-8-15(9-19-17(12)23-7-5-4-6-13(23)2)21-18(25)22-10-16(11-22)20-14(3)24/h8-9,13,16H,4-7,10-11H2,1-3H3,(H,20,24)(H,21,25)/t13-/m1/s1. The second-order valence-corrected chi connectivity index (χ2v) is 7.14. The van der Waals surface area contributed by atoms with Crippen LogP contribution in [0.25, 0.3) is 0 Å². The minimum atomic E-state index is -0.151. The Morgan fingerprint density at radius 2 is 2.04 bits per heavy atom. The maximum atomic E-state index is 12.2. The van der Waals surface area contributed by atoms with Crippen molar-refractivity contribution in [2.45, 2.75) is 52.1 Å². The third-order valence-electron chi connectivity index (χ3n) is 4.95. The van der Waals surface area contributed by atoms with Gasteiger partial charge in [0.25, 0.3) is 0 Å². The van der Waals surface area contributed by atoms with E-state index < -0.39 is 0 Å². The number of carbonyl (C=O) groups is 2. The topological polar surface area (TPSA) is 77.6 Å². The van der Waals surface area contributed by atoms with E-state index in [9.17, 15) is 9.59 Å². The van der Waals surface area contributed by atoms with Gasteiger partial charge in [-0.3, -0.25) is 4.79 Å². The molecular weight excluding hydrogens is 318 g/mol. The number of anilines is 2. The summed E-state index contributed by atoms with van der Waals surface area (Å²) >= 11 is 0. The molecule has 0 aliphatic carbocycles. The molecule has 2 aliphatic rings. The molecule has 0 aromatic carbocycles. The van der Waals surface area contributed by atoms with Gasteiger partial charge in [0.1, 0.15) is 5.82 Å². The van der Waals surface area contributed by atoms with Crippen LogP contribution in [0.2, 0.25) is 0 Å². The number of likely N-dealkylation sites (tertiary alicyclic amines) is 1. The molecule has 3 heterocycles. The van der Waals surface area contributed by atoms with Gasteiger partial charge < -0.3 is 20.4 Å². The highest BCUT2D eigenvalue weighted by molar-refractivity contribution is 5.90. The molecule has 2 aliphatic heterocycles. The van der Waals surface area contributed by atoms with Crippen molar-refractivity contribution in [2.75, 3.05) is 29.9 Å². The maximum Gasteiger partial charge on any atom is 0.322 e. The van der Waals surface area contributed by atoms with Crippen molar-refractivity contribution in [3.63, 3.8) is 0 Å². The molecule has 25 heavy (non-hydrogen) atoms. The smallest absolute Gasteiger partial charge is 0.322 e. The highest BCUT2D eigenvalue weighted by Crippen LogP contribution is 2.27. The van der Waals surface area contributed by atoms with Gasteiger partial charge in [-0.25, -0.2) is 9.78 Å². The Morgan fingerprint density at radius 1 is 1.28 bits per heavy atom. The van der Waals surface area contributed by atoms with Crippen LogP contribution in [0, 0.1) is 6.92 Å². The van der Waals surface area contributed by atoms with E-state index in [1.807, 2.05) is 13.0 Å². The Kier molecular flexibility index (Phi) is 5.11. The minimum absolute atomic E-state index is 0.0612. The third kappa shape index (κ3) is 4.03. The predicted molar refractivity (Wildman–Crippen MR) is 97.8 cm³/mol. The van der Waals surface area contributed by atoms with Gasteiger partial charge in [0, 0.05) is 32.6 Å². The van der Waals surface area contributed by atoms with Crippen LogP contribution in [0.15, 0.2) is 12.3 Å². The summed E-state index contributed by atoms with van der Waals surface area (Å²) < 4.78 is 0. The summed E-state index contributed by atoms with van der Waals surface area (Å²) in [6.45, 7) is 7.89. The van der Waals surface area contributed by atoms with Crippen molar-refractivity contribution in [3.8, 4) is 0 Å². The summed E-state index contributed by atoms with van der Waals surface area (Å²) in [4.78, 5) is 31.9. The first kappa shape index (κ1) is 17.5. The highest BCUT2D eigenvalue weighted by Gasteiger charge is 2.31. The molecule has 2 N–H and O–H groups in total. The van der Waals surface area contributed by atoms with E-state index in [-0.39, 0.29) is 18.0 Å². The number of amides is 3. The summed E-state index contributed by atoms with van der Waals surface area (Å²) in [5.41, 5.74) is 1.78. The number of urea groups is 1. The lowest BCUT2D eigenvalue weighted by atomic mass is 10.0. The zero-order valence-electron chi connectivity index (χ0n) is 15.2. The molecule has 1 atom stereocenters. The van der Waals surface area contributed by atoms with Crippen LogP contribution in [0.4, 0.5) is 16.3 Å². The molecule has 0 saturated carbocycles. The van der Waals surface area contributed by atoms with Crippen LogP contribution >= 0.6 is 0 Å². The fourth-order valence-corrected chi connectivity index (χ4v) is 3.58. The van der Waals surface area contributed by atoms with Gasteiger partial charge in [-0.2, -0.15) is 0 Å². The fraction of sp³-hybridized carbons (Fsp3) is 0.611. The van der Waals surface area contributed by atoms with E-state index in [0.29, 0.717) is 24.8 Å². The fourth-order valence-electron chi connectivity index (χ4n) is 3.58. The van der Waals surface area contributed by atoms with Gasteiger partial charge in [-0.05, 0) is 44.7 Å². The highest BCUT2D eigenvalue weighted by atomic mass is 16.2.